The predicted octanol–water partition coefficient (Wildman–Crippen LogP) is 2.12. The van der Waals surface area contributed by atoms with Crippen LogP contribution in [-0.2, 0) is 4.79 Å². The molecule has 0 saturated carbocycles. The maximum absolute atomic E-state index is 10.7. The van der Waals surface area contributed by atoms with E-state index in [1.165, 1.54) is 0 Å². The average molecular weight is 249 g/mol. The van der Waals surface area contributed by atoms with Gasteiger partial charge in [0.25, 0.3) is 5.24 Å². The van der Waals surface area contributed by atoms with Gasteiger partial charge in [-0.3, -0.25) is 4.79 Å². The molecule has 1 atom stereocenters. The molecule has 80 valence electrons. The number of carbonyl (C=O) groups excluding carboxylic acids is 1. The molecule has 1 aliphatic heterocycles. The second kappa shape index (κ2) is 4.16. The molecule has 0 N–H and O–H groups in total. The number of hydrogen-bond donors (Lipinski definition) is 0. The Balaban J connectivity index is 2.22. The lowest BCUT2D eigenvalue weighted by atomic mass is 10.3. The molecule has 0 radical (unpaired) electrons. The van der Waals surface area contributed by atoms with Gasteiger partial charge < -0.3 is 14.2 Å². The molecule has 1 heterocycles. The average Bonchev–Trinajstić information content (AvgIpc) is 2.66. The van der Waals surface area contributed by atoms with Crippen LogP contribution in [0.1, 0.15) is 0 Å². The third-order valence-corrected chi connectivity index (χ3v) is 2.37. The minimum absolute atomic E-state index is 0.123. The molecule has 0 bridgehead atoms. The SMILES string of the molecule is O=C(Cl)C(Cl)Oc1cccc2c1OCO2. The summed E-state index contributed by atoms with van der Waals surface area (Å²) in [7, 11) is 0. The molecule has 0 saturated heterocycles. The molecule has 2 rings (SSSR count). The van der Waals surface area contributed by atoms with Crippen LogP contribution in [0, 0.1) is 0 Å². The predicted molar refractivity (Wildman–Crippen MR) is 53.7 cm³/mol. The number of benzene rings is 1. The second-order valence-electron chi connectivity index (χ2n) is 2.73. The maximum Gasteiger partial charge on any atom is 0.278 e. The number of para-hydroxylation sites is 1. The first-order valence-electron chi connectivity index (χ1n) is 4.07. The highest BCUT2D eigenvalue weighted by Gasteiger charge is 2.22. The molecule has 0 aromatic heterocycles. The third-order valence-electron chi connectivity index (χ3n) is 1.77. The lowest BCUT2D eigenvalue weighted by Gasteiger charge is -2.10. The fourth-order valence-electron chi connectivity index (χ4n) is 1.15. The molecule has 0 spiro atoms. The molecular weight excluding hydrogens is 243 g/mol. The van der Waals surface area contributed by atoms with Gasteiger partial charge in [-0.05, 0) is 23.7 Å². The normalized spacial score (nSPS) is 14.8. The third kappa shape index (κ3) is 2.11. The van der Waals surface area contributed by atoms with Gasteiger partial charge in [0.15, 0.2) is 11.5 Å². The fourth-order valence-corrected chi connectivity index (χ4v) is 1.29. The fraction of sp³-hybridized carbons (Fsp3) is 0.222. The van der Waals surface area contributed by atoms with E-state index in [1.807, 2.05) is 0 Å². The summed E-state index contributed by atoms with van der Waals surface area (Å²) < 4.78 is 15.4. The van der Waals surface area contributed by atoms with Crippen LogP contribution in [0.2, 0.25) is 0 Å². The summed E-state index contributed by atoms with van der Waals surface area (Å²) in [5.74, 6) is 1.32. The molecule has 15 heavy (non-hydrogen) atoms. The van der Waals surface area contributed by atoms with Gasteiger partial charge in [0.05, 0.1) is 0 Å². The minimum Gasteiger partial charge on any atom is -0.462 e. The van der Waals surface area contributed by atoms with Crippen molar-refractivity contribution >= 4 is 28.4 Å². The molecule has 0 fully saturated rings. The quantitative estimate of drug-likeness (QED) is 0.608. The summed E-state index contributed by atoms with van der Waals surface area (Å²) in [5, 5.41) is -0.784. The van der Waals surface area contributed by atoms with Crippen LogP contribution in [0.25, 0.3) is 0 Å². The molecule has 0 aliphatic carbocycles. The Morgan fingerprint density at radius 2 is 2.27 bits per heavy atom. The van der Waals surface area contributed by atoms with Crippen LogP contribution in [0.5, 0.6) is 17.2 Å². The Morgan fingerprint density at radius 1 is 1.47 bits per heavy atom. The van der Waals surface area contributed by atoms with Crippen molar-refractivity contribution in [2.75, 3.05) is 6.79 Å². The molecule has 1 aromatic carbocycles. The van der Waals surface area contributed by atoms with Crippen molar-refractivity contribution in [2.24, 2.45) is 0 Å². The van der Waals surface area contributed by atoms with E-state index >= 15 is 0 Å². The zero-order valence-electron chi connectivity index (χ0n) is 7.41. The summed E-state index contributed by atoms with van der Waals surface area (Å²) >= 11 is 10.7. The summed E-state index contributed by atoms with van der Waals surface area (Å²) in [5.41, 5.74) is -1.23. The van der Waals surface area contributed by atoms with Gasteiger partial charge >= 0.3 is 0 Å². The first kappa shape index (κ1) is 10.4. The lowest BCUT2D eigenvalue weighted by Crippen LogP contribution is -2.16. The van der Waals surface area contributed by atoms with E-state index in [0.29, 0.717) is 17.2 Å². The van der Waals surface area contributed by atoms with Gasteiger partial charge in [-0.15, -0.1) is 0 Å². The molecule has 1 aromatic rings. The van der Waals surface area contributed by atoms with Gasteiger partial charge in [-0.1, -0.05) is 17.7 Å². The zero-order chi connectivity index (χ0) is 10.8. The summed E-state index contributed by atoms with van der Waals surface area (Å²) in [4.78, 5) is 10.7. The Morgan fingerprint density at radius 3 is 3.00 bits per heavy atom. The van der Waals surface area contributed by atoms with Crippen LogP contribution >= 0.6 is 23.2 Å². The van der Waals surface area contributed by atoms with E-state index in [0.717, 1.165) is 0 Å². The van der Waals surface area contributed by atoms with Crippen LogP contribution in [0.4, 0.5) is 0 Å². The number of rotatable bonds is 3. The monoisotopic (exact) mass is 248 g/mol. The van der Waals surface area contributed by atoms with Crippen molar-refractivity contribution < 1.29 is 19.0 Å². The van der Waals surface area contributed by atoms with Crippen molar-refractivity contribution in [1.82, 2.24) is 0 Å². The van der Waals surface area contributed by atoms with Crippen molar-refractivity contribution in [3.63, 3.8) is 0 Å². The molecule has 6 heteroatoms. The van der Waals surface area contributed by atoms with E-state index in [1.54, 1.807) is 18.2 Å². The number of alkyl halides is 1. The van der Waals surface area contributed by atoms with Crippen LogP contribution < -0.4 is 14.2 Å². The van der Waals surface area contributed by atoms with Gasteiger partial charge in [0.2, 0.25) is 18.1 Å². The number of fused-ring (bicyclic) bond motifs is 1. The van der Waals surface area contributed by atoms with E-state index < -0.39 is 10.8 Å². The first-order chi connectivity index (χ1) is 7.18. The number of ether oxygens (including phenoxy) is 3. The highest BCUT2D eigenvalue weighted by atomic mass is 35.5. The van der Waals surface area contributed by atoms with Crippen LogP contribution in [0.3, 0.4) is 0 Å². The first-order valence-corrected chi connectivity index (χ1v) is 4.88. The summed E-state index contributed by atoms with van der Waals surface area (Å²) in [6, 6.07) is 5.04. The second-order valence-corrected chi connectivity index (χ2v) is 3.50. The highest BCUT2D eigenvalue weighted by Crippen LogP contribution is 2.41. The van der Waals surface area contributed by atoms with E-state index in [2.05, 4.69) is 0 Å². The van der Waals surface area contributed by atoms with Crippen molar-refractivity contribution in [3.05, 3.63) is 18.2 Å². The standard InChI is InChI=1S/C9H6Cl2O4/c10-8(12)9(11)15-6-3-1-2-5-7(6)14-4-13-5/h1-3,9H,4H2. The number of halogens is 2. The maximum atomic E-state index is 10.7. The largest absolute Gasteiger partial charge is 0.462 e. The van der Waals surface area contributed by atoms with Crippen LogP contribution in [-0.4, -0.2) is 17.6 Å². The van der Waals surface area contributed by atoms with Crippen molar-refractivity contribution in [1.29, 1.82) is 0 Å². The molecule has 1 unspecified atom stereocenters. The van der Waals surface area contributed by atoms with Crippen LogP contribution in [0.15, 0.2) is 18.2 Å². The lowest BCUT2D eigenvalue weighted by molar-refractivity contribution is -0.115. The Hall–Kier alpha value is -1.13. The Bertz CT molecular complexity index is 394. The van der Waals surface area contributed by atoms with Gasteiger partial charge in [-0.2, -0.15) is 0 Å². The van der Waals surface area contributed by atoms with E-state index in [4.69, 9.17) is 37.4 Å². The molecule has 4 nitrogen and oxygen atoms in total. The minimum atomic E-state index is -1.23. The Labute approximate surface area is 95.6 Å². The van der Waals surface area contributed by atoms with Gasteiger partial charge in [0.1, 0.15) is 0 Å². The van der Waals surface area contributed by atoms with Gasteiger partial charge in [0, 0.05) is 0 Å². The van der Waals surface area contributed by atoms with Crippen molar-refractivity contribution in [2.45, 2.75) is 5.56 Å². The van der Waals surface area contributed by atoms with Crippen molar-refractivity contribution in [3.8, 4) is 17.2 Å². The number of hydrogen-bond acceptors (Lipinski definition) is 4. The molecule has 1 aliphatic rings. The Kier molecular flexibility index (Phi) is 2.88. The van der Waals surface area contributed by atoms with E-state index in [9.17, 15) is 4.79 Å². The van der Waals surface area contributed by atoms with Gasteiger partial charge in [-0.25, -0.2) is 0 Å². The molecular formula is C9H6Cl2O4. The smallest absolute Gasteiger partial charge is 0.278 e. The number of carbonyl (C=O) groups is 1. The van der Waals surface area contributed by atoms with E-state index in [-0.39, 0.29) is 6.79 Å². The summed E-state index contributed by atoms with van der Waals surface area (Å²) in [6.45, 7) is 0.123. The highest BCUT2D eigenvalue weighted by molar-refractivity contribution is 6.68. The molecule has 0 amide bonds. The summed E-state index contributed by atoms with van der Waals surface area (Å²) in [6.07, 6.45) is 0. The topological polar surface area (TPSA) is 44.8 Å². The zero-order valence-corrected chi connectivity index (χ0v) is 8.92.